The maximum absolute atomic E-state index is 6.00. The smallest absolute Gasteiger partial charge is 2.00 e. The normalized spacial score (nSPS) is 10.3. The summed E-state index contributed by atoms with van der Waals surface area (Å²) in [5, 5.41) is 0. The Balaban J connectivity index is -0.000000980. The summed E-state index contributed by atoms with van der Waals surface area (Å²) in [4.78, 5) is 0. The van der Waals surface area contributed by atoms with Gasteiger partial charge in [-0.2, -0.15) is 0 Å². The van der Waals surface area contributed by atoms with Crippen LogP contribution in [0.5, 0.6) is 0 Å². The van der Waals surface area contributed by atoms with E-state index < -0.39 is 18.4 Å². The Morgan fingerprint density at radius 2 is 1.12 bits per heavy atom. The van der Waals surface area contributed by atoms with Crippen LogP contribution in [0.4, 0.5) is 0 Å². The van der Waals surface area contributed by atoms with Gasteiger partial charge in [0, 0.05) is 0 Å². The van der Waals surface area contributed by atoms with Crippen LogP contribution in [-0.4, -0.2) is 41.4 Å². The number of halogens is 1. The molecule has 0 saturated carbocycles. The van der Waals surface area contributed by atoms with E-state index in [-0.39, 0.29) is 40.0 Å². The summed E-state index contributed by atoms with van der Waals surface area (Å²) in [6, 6.07) is 0. The van der Waals surface area contributed by atoms with E-state index in [2.05, 4.69) is 24.9 Å². The number of rotatable bonds is 10. The van der Waals surface area contributed by atoms with Crippen LogP contribution in [0, 0.1) is 6.58 Å². The zero-order chi connectivity index (χ0) is 11.6. The van der Waals surface area contributed by atoms with E-state index in [4.69, 9.17) is 6.58 Å². The summed E-state index contributed by atoms with van der Waals surface area (Å²) in [6.07, 6.45) is 8.26. The van der Waals surface area contributed by atoms with E-state index in [9.17, 15) is 0 Å². The minimum atomic E-state index is -1.96. The zero-order valence-corrected chi connectivity index (χ0v) is 18.0. The van der Waals surface area contributed by atoms with Gasteiger partial charge in [-0.3, -0.25) is 0 Å². The molecular formula is C14H29BrMgSn. The molecule has 0 spiro atoms. The maximum atomic E-state index is 6.00. The van der Waals surface area contributed by atoms with Crippen LogP contribution in [0.2, 0.25) is 13.3 Å². The second-order valence-corrected chi connectivity index (χ2v) is 17.8. The van der Waals surface area contributed by atoms with Crippen molar-refractivity contribution in [2.24, 2.45) is 0 Å². The molecule has 0 aliphatic rings. The molecule has 0 bridgehead atoms. The van der Waals surface area contributed by atoms with E-state index in [0.29, 0.717) is 0 Å². The van der Waals surface area contributed by atoms with E-state index in [0.717, 1.165) is 0 Å². The van der Waals surface area contributed by atoms with Gasteiger partial charge in [0.1, 0.15) is 0 Å². The minimum absolute atomic E-state index is 0. The molecule has 0 saturated heterocycles. The van der Waals surface area contributed by atoms with E-state index in [1.807, 2.05) is 0 Å². The second-order valence-electron chi connectivity index (χ2n) is 4.84. The molecule has 0 unspecified atom stereocenters. The maximum Gasteiger partial charge on any atom is 2.00 e. The third kappa shape index (κ3) is 11.3. The quantitative estimate of drug-likeness (QED) is 0.375. The van der Waals surface area contributed by atoms with Crippen molar-refractivity contribution in [3.8, 4) is 0 Å². The zero-order valence-electron chi connectivity index (χ0n) is 12.1. The standard InChI is InChI=1S/3C4H9.C2H2.BrH.Mg.Sn/c3*1-3-4-2;1-2;;;/h3*1,3-4H2,2H3;1-2H;1H;;/q;;;-1;;+2;/p-1. The van der Waals surface area contributed by atoms with E-state index in [1.165, 1.54) is 51.8 Å². The van der Waals surface area contributed by atoms with Crippen LogP contribution in [0.15, 0.2) is 4.09 Å². The molecular weight excluding hydrogens is 391 g/mol. The Morgan fingerprint density at radius 3 is 1.29 bits per heavy atom. The third-order valence-corrected chi connectivity index (χ3v) is 17.0. The van der Waals surface area contributed by atoms with Crippen LogP contribution >= 0.6 is 0 Å². The van der Waals surface area contributed by atoms with Crippen molar-refractivity contribution in [3.63, 3.8) is 0 Å². The van der Waals surface area contributed by atoms with Gasteiger partial charge in [-0.05, 0) is 0 Å². The molecule has 0 atom stereocenters. The molecule has 98 valence electrons. The van der Waals surface area contributed by atoms with Crippen LogP contribution in [-0.2, 0) is 0 Å². The summed E-state index contributed by atoms with van der Waals surface area (Å²) in [7, 11) is 0. The first-order valence-corrected chi connectivity index (χ1v) is 14.5. The number of unbranched alkanes of at least 4 members (excludes halogenated alkanes) is 3. The van der Waals surface area contributed by atoms with Gasteiger partial charge in [0.15, 0.2) is 0 Å². The first-order valence-electron chi connectivity index (χ1n) is 6.80. The monoisotopic (exact) mass is 420 g/mol. The van der Waals surface area contributed by atoms with Crippen LogP contribution in [0.3, 0.4) is 0 Å². The Bertz CT molecular complexity index is 141. The average molecular weight is 420 g/mol. The molecule has 0 amide bonds. The van der Waals surface area contributed by atoms with Crippen molar-refractivity contribution >= 4 is 41.4 Å². The summed E-state index contributed by atoms with van der Waals surface area (Å²) in [5.74, 6) is 0. The molecule has 0 nitrogen and oxygen atoms in total. The fourth-order valence-electron chi connectivity index (χ4n) is 2.21. The molecule has 0 aliphatic carbocycles. The van der Waals surface area contributed by atoms with Gasteiger partial charge in [0.2, 0.25) is 0 Å². The van der Waals surface area contributed by atoms with Gasteiger partial charge in [-0.1, -0.05) is 0 Å². The summed E-state index contributed by atoms with van der Waals surface area (Å²) in [5.41, 5.74) is 0. The molecule has 0 rings (SSSR count). The fraction of sp³-hybridized carbons (Fsp3) is 0.857. The van der Waals surface area contributed by atoms with Crippen molar-refractivity contribution < 1.29 is 17.0 Å². The SMILES string of the molecule is [Br-].[CH-]=[CH][Sn]([CH2]CCC)([CH2]CCC)[CH2]CCC.[Mg+2]. The summed E-state index contributed by atoms with van der Waals surface area (Å²) < 4.78 is 6.72. The molecule has 0 aromatic rings. The van der Waals surface area contributed by atoms with E-state index in [1.54, 1.807) is 0 Å². The van der Waals surface area contributed by atoms with Gasteiger partial charge in [0.05, 0.1) is 0 Å². The van der Waals surface area contributed by atoms with Crippen molar-refractivity contribution in [2.75, 3.05) is 0 Å². The molecule has 0 aromatic carbocycles. The first kappa shape index (κ1) is 23.8. The van der Waals surface area contributed by atoms with Crippen molar-refractivity contribution in [2.45, 2.75) is 72.6 Å². The third-order valence-electron chi connectivity index (χ3n) is 3.44. The Morgan fingerprint density at radius 1 is 0.824 bits per heavy atom. The Labute approximate surface area is 140 Å². The summed E-state index contributed by atoms with van der Waals surface area (Å²) >= 11 is -1.96. The molecule has 0 aromatic heterocycles. The molecule has 0 radical (unpaired) electrons. The molecule has 17 heavy (non-hydrogen) atoms. The number of hydrogen-bond donors (Lipinski definition) is 0. The van der Waals surface area contributed by atoms with Crippen LogP contribution in [0.25, 0.3) is 0 Å². The van der Waals surface area contributed by atoms with Crippen LogP contribution < -0.4 is 17.0 Å². The van der Waals surface area contributed by atoms with Gasteiger partial charge in [-0.25, -0.2) is 0 Å². The molecule has 3 heteroatoms. The van der Waals surface area contributed by atoms with Crippen molar-refractivity contribution in [3.05, 3.63) is 10.7 Å². The van der Waals surface area contributed by atoms with E-state index >= 15 is 0 Å². The second kappa shape index (κ2) is 15.8. The van der Waals surface area contributed by atoms with Gasteiger partial charge in [0.25, 0.3) is 0 Å². The van der Waals surface area contributed by atoms with Gasteiger partial charge >= 0.3 is 125 Å². The van der Waals surface area contributed by atoms with Crippen molar-refractivity contribution in [1.82, 2.24) is 0 Å². The topological polar surface area (TPSA) is 0 Å². The predicted octanol–water partition coefficient (Wildman–Crippen LogP) is 1.99. The summed E-state index contributed by atoms with van der Waals surface area (Å²) in [6.45, 7) is 12.9. The van der Waals surface area contributed by atoms with Crippen LogP contribution in [0.1, 0.15) is 59.3 Å². The minimum Gasteiger partial charge on any atom is 2.00 e. The fourth-order valence-corrected chi connectivity index (χ4v) is 14.8. The van der Waals surface area contributed by atoms with Gasteiger partial charge in [-0.15, -0.1) is 0 Å². The van der Waals surface area contributed by atoms with Crippen molar-refractivity contribution in [1.29, 1.82) is 0 Å². The van der Waals surface area contributed by atoms with Gasteiger partial charge < -0.3 is 17.0 Å². The molecule has 0 fully saturated rings. The molecule has 0 N–H and O–H groups in total. The largest absolute Gasteiger partial charge is 2.00 e. The average Bonchev–Trinajstić information content (AvgIpc) is 2.29. The Kier molecular flexibility index (Phi) is 22.2. The molecule has 0 aliphatic heterocycles. The first-order chi connectivity index (χ1) is 7.24. The Hall–Kier alpha value is 1.78. The molecule has 0 heterocycles. The number of hydrogen-bond acceptors (Lipinski definition) is 0. The predicted molar refractivity (Wildman–Crippen MR) is 79.5 cm³/mol.